The van der Waals surface area contributed by atoms with Crippen LogP contribution in [0.3, 0.4) is 0 Å². The van der Waals surface area contributed by atoms with E-state index in [1.165, 1.54) is 105 Å². The lowest BCUT2D eigenvalue weighted by molar-refractivity contribution is -0.132. The standard InChI is InChI=1S/C50H46O18/c1-23(63-49(55)67-29-15-11-27(12-16-29)65-25(3)51)19-31-37-38-32(20-24(2)64-50(56)68-30-17-13-28(14-18-30)66-26(4)52)48(62-10)46(54)42-36(60-8)22-34(58-6)40(44(38)42)39-33(57-5)21-35(59-7)41(43(37)39)45(53)47(31)61-9/h11-18,21-24H,19-20H2,1-10H3/t23-,24-/m1/s1. The van der Waals surface area contributed by atoms with Gasteiger partial charge in [0, 0.05) is 71.5 Å². The van der Waals surface area contributed by atoms with Gasteiger partial charge in [-0.15, -0.1) is 0 Å². The van der Waals surface area contributed by atoms with E-state index in [2.05, 4.69) is 0 Å². The first kappa shape index (κ1) is 47.7. The molecule has 7 aromatic carbocycles. The third-order valence-electron chi connectivity index (χ3n) is 11.0. The van der Waals surface area contributed by atoms with Crippen molar-refractivity contribution < 1.29 is 76.0 Å². The number of esters is 2. The number of benzene rings is 7. The molecule has 18 heteroatoms. The second kappa shape index (κ2) is 19.7. The summed E-state index contributed by atoms with van der Waals surface area (Å²) in [6, 6.07) is 14.5. The zero-order valence-electron chi connectivity index (χ0n) is 38.7. The lowest BCUT2D eigenvalue weighted by Gasteiger charge is -2.26. The first-order valence-corrected chi connectivity index (χ1v) is 20.9. The van der Waals surface area contributed by atoms with Gasteiger partial charge in [-0.2, -0.15) is 0 Å². The van der Waals surface area contributed by atoms with Gasteiger partial charge >= 0.3 is 24.2 Å². The van der Waals surface area contributed by atoms with Crippen LogP contribution in [0.2, 0.25) is 0 Å². The zero-order valence-corrected chi connectivity index (χ0v) is 38.7. The van der Waals surface area contributed by atoms with Crippen molar-refractivity contribution in [3.05, 3.63) is 92.2 Å². The molecular weight excluding hydrogens is 889 g/mol. The fourth-order valence-electron chi connectivity index (χ4n) is 8.47. The Kier molecular flexibility index (Phi) is 13.8. The first-order valence-electron chi connectivity index (χ1n) is 20.9. The molecule has 0 saturated heterocycles. The Bertz CT molecular complexity index is 2990. The molecule has 0 saturated carbocycles. The quantitative estimate of drug-likeness (QED) is 0.0294. The van der Waals surface area contributed by atoms with E-state index in [-0.39, 0.29) is 92.2 Å². The second-order valence-corrected chi connectivity index (χ2v) is 15.3. The molecule has 68 heavy (non-hydrogen) atoms. The van der Waals surface area contributed by atoms with Crippen molar-refractivity contribution in [2.75, 3.05) is 42.7 Å². The predicted molar refractivity (Wildman–Crippen MR) is 247 cm³/mol. The average Bonchev–Trinajstić information content (AvgIpc) is 3.29. The number of hydrogen-bond donors (Lipinski definition) is 0. The largest absolute Gasteiger partial charge is 0.514 e. The average molecular weight is 935 g/mol. The highest BCUT2D eigenvalue weighted by atomic mass is 16.7. The highest BCUT2D eigenvalue weighted by molar-refractivity contribution is 6.38. The van der Waals surface area contributed by atoms with Crippen LogP contribution in [0.25, 0.3) is 43.1 Å². The summed E-state index contributed by atoms with van der Waals surface area (Å²) >= 11 is 0. The van der Waals surface area contributed by atoms with Gasteiger partial charge in [-0.25, -0.2) is 9.59 Å². The molecule has 0 radical (unpaired) electrons. The Morgan fingerprint density at radius 2 is 0.706 bits per heavy atom. The monoisotopic (exact) mass is 934 g/mol. The summed E-state index contributed by atoms with van der Waals surface area (Å²) in [6.45, 7) is 5.68. The Hall–Kier alpha value is -8.28. The normalized spacial score (nSPS) is 12.0. The molecule has 7 rings (SSSR count). The van der Waals surface area contributed by atoms with E-state index in [9.17, 15) is 28.8 Å². The first-order chi connectivity index (χ1) is 32.6. The summed E-state index contributed by atoms with van der Waals surface area (Å²) in [4.78, 5) is 79.2. The maximum absolute atomic E-state index is 14.9. The molecule has 0 unspecified atom stereocenters. The number of fused-ring (bicyclic) bond motifs is 2. The molecule has 0 heterocycles. The fourth-order valence-corrected chi connectivity index (χ4v) is 8.47. The predicted octanol–water partition coefficient (Wildman–Crippen LogP) is 8.09. The summed E-state index contributed by atoms with van der Waals surface area (Å²) < 4.78 is 68.1. The van der Waals surface area contributed by atoms with Crippen LogP contribution in [0.5, 0.6) is 57.5 Å². The molecule has 0 bridgehead atoms. The molecule has 7 aromatic rings. The number of hydrogen-bond acceptors (Lipinski definition) is 18. The van der Waals surface area contributed by atoms with Crippen molar-refractivity contribution in [2.45, 2.75) is 52.7 Å². The van der Waals surface area contributed by atoms with Gasteiger partial charge in [-0.1, -0.05) is 0 Å². The van der Waals surface area contributed by atoms with Crippen LogP contribution in [0, 0.1) is 0 Å². The van der Waals surface area contributed by atoms with E-state index in [0.717, 1.165) is 0 Å². The molecule has 0 spiro atoms. The minimum absolute atomic E-state index is 0.0875. The summed E-state index contributed by atoms with van der Waals surface area (Å²) in [7, 11) is 8.32. The molecule has 0 aromatic heterocycles. The molecular formula is C50H46O18. The zero-order chi connectivity index (χ0) is 49.1. The van der Waals surface area contributed by atoms with Crippen molar-refractivity contribution in [3.63, 3.8) is 0 Å². The van der Waals surface area contributed by atoms with E-state index in [4.69, 9.17) is 56.8 Å². The number of ether oxygens (including phenoxy) is 12. The topological polar surface area (TPSA) is 213 Å². The molecule has 0 N–H and O–H groups in total. The number of methoxy groups -OCH3 is 6. The number of rotatable bonds is 16. The Balaban J connectivity index is 1.47. The van der Waals surface area contributed by atoms with E-state index < -0.39 is 47.3 Å². The second-order valence-electron chi connectivity index (χ2n) is 15.3. The molecule has 0 aliphatic carbocycles. The SMILES string of the molecule is COc1c(C[C@@H](C)OC(=O)Oc2ccc(OC(C)=O)cc2)c2c3c(C[C@@H](C)OC(=O)Oc4ccc(OC(C)=O)cc4)c(OC)c(=O)c4c(OC)cc(OC)c(c5c(OC)cc(OC)c(c1=O)c52)c43. The third-order valence-corrected chi connectivity index (χ3v) is 11.0. The van der Waals surface area contributed by atoms with Crippen LogP contribution in [-0.4, -0.2) is 79.1 Å². The Labute approximate surface area is 387 Å². The highest BCUT2D eigenvalue weighted by Crippen LogP contribution is 2.54. The van der Waals surface area contributed by atoms with Gasteiger partial charge in [0.1, 0.15) is 58.2 Å². The minimum Gasteiger partial charge on any atom is -0.496 e. The van der Waals surface area contributed by atoms with Crippen LogP contribution in [-0.2, 0) is 31.9 Å². The molecule has 354 valence electrons. The Morgan fingerprint density at radius 3 is 0.985 bits per heavy atom. The van der Waals surface area contributed by atoms with Crippen LogP contribution in [0.15, 0.2) is 70.3 Å². The van der Waals surface area contributed by atoms with E-state index in [0.29, 0.717) is 32.3 Å². The van der Waals surface area contributed by atoms with Crippen molar-refractivity contribution >= 4 is 67.3 Å². The van der Waals surface area contributed by atoms with Crippen LogP contribution >= 0.6 is 0 Å². The summed E-state index contributed by atoms with van der Waals surface area (Å²) in [5.41, 5.74) is -0.667. The van der Waals surface area contributed by atoms with Crippen molar-refractivity contribution in [2.24, 2.45) is 0 Å². The summed E-state index contributed by atoms with van der Waals surface area (Å²) in [5, 5.41) is 2.22. The van der Waals surface area contributed by atoms with Crippen molar-refractivity contribution in [1.82, 2.24) is 0 Å². The van der Waals surface area contributed by atoms with Gasteiger partial charge in [-0.05, 0) is 73.2 Å². The smallest absolute Gasteiger partial charge is 0.496 e. The van der Waals surface area contributed by atoms with Crippen LogP contribution in [0.1, 0.15) is 38.8 Å². The van der Waals surface area contributed by atoms with Gasteiger partial charge in [-0.3, -0.25) is 19.2 Å². The van der Waals surface area contributed by atoms with Gasteiger partial charge in [0.05, 0.1) is 53.4 Å². The van der Waals surface area contributed by atoms with Gasteiger partial charge < -0.3 is 56.8 Å². The maximum atomic E-state index is 14.9. The maximum Gasteiger partial charge on any atom is 0.514 e. The molecule has 18 nitrogen and oxygen atoms in total. The number of carbonyl (C=O) groups is 4. The van der Waals surface area contributed by atoms with Crippen molar-refractivity contribution in [1.29, 1.82) is 0 Å². The lowest BCUT2D eigenvalue weighted by Crippen LogP contribution is -2.23. The van der Waals surface area contributed by atoms with E-state index in [1.807, 2.05) is 0 Å². The van der Waals surface area contributed by atoms with Crippen LogP contribution < -0.4 is 58.2 Å². The number of carbonyl (C=O) groups excluding carboxylic acids is 4. The molecule has 0 amide bonds. The third kappa shape index (κ3) is 8.99. The summed E-state index contributed by atoms with van der Waals surface area (Å²) in [5.74, 6) is 0.0979. The van der Waals surface area contributed by atoms with Gasteiger partial charge in [0.15, 0.2) is 11.5 Å². The fraction of sp³-hybridized carbons (Fsp3) is 0.280. The lowest BCUT2D eigenvalue weighted by atomic mass is 9.81. The molecule has 0 aliphatic rings. The van der Waals surface area contributed by atoms with Gasteiger partial charge in [0.2, 0.25) is 10.9 Å². The van der Waals surface area contributed by atoms with Crippen LogP contribution in [0.4, 0.5) is 9.59 Å². The van der Waals surface area contributed by atoms with Gasteiger partial charge in [0.25, 0.3) is 0 Å². The molecule has 2 atom stereocenters. The summed E-state index contributed by atoms with van der Waals surface area (Å²) in [6.07, 6.45) is -4.54. The minimum atomic E-state index is -1.09. The molecule has 0 fully saturated rings. The molecule has 0 aliphatic heterocycles. The van der Waals surface area contributed by atoms with E-state index in [1.54, 1.807) is 26.0 Å². The van der Waals surface area contributed by atoms with E-state index >= 15 is 0 Å². The van der Waals surface area contributed by atoms with Crippen molar-refractivity contribution in [3.8, 4) is 57.5 Å². The Morgan fingerprint density at radius 1 is 0.412 bits per heavy atom. The highest BCUT2D eigenvalue weighted by Gasteiger charge is 2.34.